The van der Waals surface area contributed by atoms with Gasteiger partial charge in [0.05, 0.1) is 11.4 Å². The maximum atomic E-state index is 12.4. The van der Waals surface area contributed by atoms with Gasteiger partial charge >= 0.3 is 0 Å². The van der Waals surface area contributed by atoms with Crippen LogP contribution in [0.2, 0.25) is 0 Å². The molecule has 2 aromatic rings. The van der Waals surface area contributed by atoms with Gasteiger partial charge in [0.25, 0.3) is 0 Å². The Morgan fingerprint density at radius 3 is 2.31 bits per heavy atom. The molecular weight excluding hydrogens is 432 g/mol. The van der Waals surface area contributed by atoms with E-state index in [0.717, 1.165) is 48.5 Å². The Bertz CT molecular complexity index is 1060. The first kappa shape index (κ1) is 22.5. The second-order valence-electron chi connectivity index (χ2n) is 8.10. The molecule has 0 bridgehead atoms. The number of sulfonamides is 1. The SMILES string of the molecule is CN(C)S(=O)(=O)c1ccc(NC(=O)CN2CCN(Cc3ccc4c(c3)OCO4)CC2)cc1. The summed E-state index contributed by atoms with van der Waals surface area (Å²) in [6.45, 7) is 4.76. The summed E-state index contributed by atoms with van der Waals surface area (Å²) in [7, 11) is -0.509. The molecule has 0 atom stereocenters. The average molecular weight is 461 g/mol. The third kappa shape index (κ3) is 5.21. The van der Waals surface area contributed by atoms with Gasteiger partial charge in [-0.05, 0) is 42.0 Å². The molecule has 32 heavy (non-hydrogen) atoms. The van der Waals surface area contributed by atoms with E-state index >= 15 is 0 Å². The minimum atomic E-state index is -3.48. The van der Waals surface area contributed by atoms with Crippen molar-refractivity contribution in [1.29, 1.82) is 0 Å². The van der Waals surface area contributed by atoms with Gasteiger partial charge in [0.1, 0.15) is 0 Å². The van der Waals surface area contributed by atoms with E-state index in [1.165, 1.54) is 31.8 Å². The average Bonchev–Trinajstić information content (AvgIpc) is 3.23. The summed E-state index contributed by atoms with van der Waals surface area (Å²) in [6, 6.07) is 12.2. The van der Waals surface area contributed by atoms with Gasteiger partial charge in [-0.2, -0.15) is 0 Å². The number of hydrogen-bond donors (Lipinski definition) is 1. The van der Waals surface area contributed by atoms with Crippen molar-refractivity contribution in [3.63, 3.8) is 0 Å². The number of fused-ring (bicyclic) bond motifs is 1. The number of carbonyl (C=O) groups is 1. The maximum Gasteiger partial charge on any atom is 0.242 e. The molecule has 2 aliphatic heterocycles. The number of ether oxygens (including phenoxy) is 2. The van der Waals surface area contributed by atoms with Gasteiger partial charge < -0.3 is 14.8 Å². The van der Waals surface area contributed by atoms with Crippen LogP contribution in [0, 0.1) is 0 Å². The lowest BCUT2D eigenvalue weighted by atomic mass is 10.1. The fourth-order valence-electron chi connectivity index (χ4n) is 3.73. The third-order valence-corrected chi connectivity index (χ3v) is 7.42. The zero-order valence-corrected chi connectivity index (χ0v) is 19.1. The number of rotatable bonds is 7. The zero-order valence-electron chi connectivity index (χ0n) is 18.3. The van der Waals surface area contributed by atoms with Gasteiger partial charge in [-0.1, -0.05) is 6.07 Å². The van der Waals surface area contributed by atoms with Crippen molar-refractivity contribution in [1.82, 2.24) is 14.1 Å². The summed E-state index contributed by atoms with van der Waals surface area (Å²) in [5, 5.41) is 2.84. The molecule has 1 amide bonds. The Labute approximate surface area is 188 Å². The Hall–Kier alpha value is -2.66. The standard InChI is InChI=1S/C22H28N4O5S/c1-24(2)32(28,29)19-6-4-18(5-7-19)23-22(27)15-26-11-9-25(10-12-26)14-17-3-8-20-21(13-17)31-16-30-20/h3-8,13H,9-12,14-16H2,1-2H3,(H,23,27). The highest BCUT2D eigenvalue weighted by atomic mass is 32.2. The first-order valence-electron chi connectivity index (χ1n) is 10.5. The molecule has 0 saturated carbocycles. The number of amides is 1. The van der Waals surface area contributed by atoms with E-state index < -0.39 is 10.0 Å². The number of nitrogens with one attached hydrogen (secondary N) is 1. The van der Waals surface area contributed by atoms with Crippen LogP contribution in [0.5, 0.6) is 11.5 Å². The van der Waals surface area contributed by atoms with Crippen LogP contribution in [0.15, 0.2) is 47.4 Å². The molecule has 1 saturated heterocycles. The van der Waals surface area contributed by atoms with E-state index in [0.29, 0.717) is 12.2 Å². The summed E-state index contributed by atoms with van der Waals surface area (Å²) in [5.74, 6) is 1.47. The minimum absolute atomic E-state index is 0.113. The van der Waals surface area contributed by atoms with Gasteiger partial charge in [-0.15, -0.1) is 0 Å². The molecule has 1 N–H and O–H groups in total. The summed E-state index contributed by atoms with van der Waals surface area (Å²) < 4.78 is 36.2. The molecule has 2 aliphatic rings. The number of nitrogens with zero attached hydrogens (tertiary/aromatic N) is 3. The van der Waals surface area contributed by atoms with E-state index in [1.807, 2.05) is 12.1 Å². The Morgan fingerprint density at radius 1 is 0.969 bits per heavy atom. The first-order chi connectivity index (χ1) is 15.3. The van der Waals surface area contributed by atoms with Crippen molar-refractivity contribution >= 4 is 21.6 Å². The van der Waals surface area contributed by atoms with Gasteiger partial charge in [0.15, 0.2) is 11.5 Å². The molecule has 0 unspecified atom stereocenters. The summed E-state index contributed by atoms with van der Waals surface area (Å²) in [4.78, 5) is 17.1. The van der Waals surface area contributed by atoms with Crippen molar-refractivity contribution in [2.45, 2.75) is 11.4 Å². The fraction of sp³-hybridized carbons (Fsp3) is 0.409. The Balaban J connectivity index is 1.23. The zero-order chi connectivity index (χ0) is 22.7. The van der Waals surface area contributed by atoms with Crippen LogP contribution >= 0.6 is 0 Å². The first-order valence-corrected chi connectivity index (χ1v) is 11.9. The van der Waals surface area contributed by atoms with E-state index in [2.05, 4.69) is 21.2 Å². The number of carbonyl (C=O) groups excluding carboxylic acids is 1. The van der Waals surface area contributed by atoms with E-state index in [1.54, 1.807) is 12.1 Å². The van der Waals surface area contributed by atoms with Crippen LogP contribution in [0.25, 0.3) is 0 Å². The topological polar surface area (TPSA) is 91.4 Å². The van der Waals surface area contributed by atoms with Crippen molar-refractivity contribution < 1.29 is 22.7 Å². The maximum absolute atomic E-state index is 12.4. The molecule has 9 nitrogen and oxygen atoms in total. The Morgan fingerprint density at radius 2 is 1.62 bits per heavy atom. The van der Waals surface area contributed by atoms with Gasteiger partial charge in [-0.25, -0.2) is 12.7 Å². The van der Waals surface area contributed by atoms with Crippen molar-refractivity contribution in [2.24, 2.45) is 0 Å². The highest BCUT2D eigenvalue weighted by molar-refractivity contribution is 7.89. The van der Waals surface area contributed by atoms with E-state index in [-0.39, 0.29) is 17.6 Å². The minimum Gasteiger partial charge on any atom is -0.454 e. The van der Waals surface area contributed by atoms with Crippen LogP contribution in [0.3, 0.4) is 0 Å². The predicted molar refractivity (Wildman–Crippen MR) is 120 cm³/mol. The van der Waals surface area contributed by atoms with Crippen LogP contribution in [-0.2, 0) is 21.4 Å². The molecule has 4 rings (SSSR count). The number of anilines is 1. The summed E-state index contributed by atoms with van der Waals surface area (Å²) in [5.41, 5.74) is 1.76. The number of benzene rings is 2. The molecule has 2 aromatic carbocycles. The molecule has 0 spiro atoms. The molecule has 2 heterocycles. The molecule has 0 aromatic heterocycles. The quantitative estimate of drug-likeness (QED) is 0.668. The van der Waals surface area contributed by atoms with Gasteiger partial charge in [0, 0.05) is 52.5 Å². The van der Waals surface area contributed by atoms with E-state index in [4.69, 9.17) is 9.47 Å². The lowest BCUT2D eigenvalue weighted by molar-refractivity contribution is -0.117. The van der Waals surface area contributed by atoms with Crippen LogP contribution in [0.4, 0.5) is 5.69 Å². The largest absolute Gasteiger partial charge is 0.454 e. The van der Waals surface area contributed by atoms with Crippen LogP contribution in [0.1, 0.15) is 5.56 Å². The molecule has 10 heteroatoms. The highest BCUT2D eigenvalue weighted by Crippen LogP contribution is 2.32. The third-order valence-electron chi connectivity index (χ3n) is 5.59. The molecular formula is C22H28N4O5S. The fourth-order valence-corrected chi connectivity index (χ4v) is 4.63. The smallest absolute Gasteiger partial charge is 0.242 e. The lowest BCUT2D eigenvalue weighted by Gasteiger charge is -2.34. The Kier molecular flexibility index (Phi) is 6.66. The molecule has 0 aliphatic carbocycles. The highest BCUT2D eigenvalue weighted by Gasteiger charge is 2.21. The number of piperazine rings is 1. The molecule has 1 fully saturated rings. The van der Waals surface area contributed by atoms with Gasteiger partial charge in [-0.3, -0.25) is 14.6 Å². The second-order valence-corrected chi connectivity index (χ2v) is 10.3. The predicted octanol–water partition coefficient (Wildman–Crippen LogP) is 1.42. The van der Waals surface area contributed by atoms with Crippen molar-refractivity contribution in [3.05, 3.63) is 48.0 Å². The van der Waals surface area contributed by atoms with Gasteiger partial charge in [0.2, 0.25) is 22.7 Å². The van der Waals surface area contributed by atoms with E-state index in [9.17, 15) is 13.2 Å². The monoisotopic (exact) mass is 460 g/mol. The number of hydrogen-bond acceptors (Lipinski definition) is 7. The summed E-state index contributed by atoms with van der Waals surface area (Å²) in [6.07, 6.45) is 0. The summed E-state index contributed by atoms with van der Waals surface area (Å²) >= 11 is 0. The van der Waals surface area contributed by atoms with Crippen LogP contribution in [-0.4, -0.2) is 82.0 Å². The molecule has 172 valence electrons. The van der Waals surface area contributed by atoms with Crippen molar-refractivity contribution in [2.75, 3.05) is 58.9 Å². The second kappa shape index (κ2) is 9.45. The van der Waals surface area contributed by atoms with Crippen molar-refractivity contribution in [3.8, 4) is 11.5 Å². The van der Waals surface area contributed by atoms with Crippen LogP contribution < -0.4 is 14.8 Å². The normalized spacial score (nSPS) is 17.0. The molecule has 0 radical (unpaired) electrons. The lowest BCUT2D eigenvalue weighted by Crippen LogP contribution is -2.48.